The van der Waals surface area contributed by atoms with Gasteiger partial charge in [0.15, 0.2) is 0 Å². The maximum atomic E-state index is 13.1. The van der Waals surface area contributed by atoms with Crippen LogP contribution in [-0.2, 0) is 6.42 Å². The number of alkyl halides is 2. The summed E-state index contributed by atoms with van der Waals surface area (Å²) in [5.41, 5.74) is 11.9. The molecule has 0 saturated carbocycles. The van der Waals surface area contributed by atoms with Crippen molar-refractivity contribution in [3.05, 3.63) is 93.3 Å². The van der Waals surface area contributed by atoms with E-state index in [2.05, 4.69) is 9.97 Å². The van der Waals surface area contributed by atoms with Gasteiger partial charge in [-0.05, 0) is 48.4 Å². The third-order valence-corrected chi connectivity index (χ3v) is 6.56. The zero-order valence-corrected chi connectivity index (χ0v) is 19.0. The van der Waals surface area contributed by atoms with Gasteiger partial charge in [0.25, 0.3) is 6.43 Å². The number of nitrogens with two attached hydrogens (primary N) is 1. The van der Waals surface area contributed by atoms with E-state index in [0.29, 0.717) is 23.4 Å². The number of amides is 1. The Kier molecular flexibility index (Phi) is 5.67. The second kappa shape index (κ2) is 8.79. The standard InChI is InChI=1S/C26H20F2N4OS/c1-14-9-20-21(32-26(31-20)18-4-2-3-17(10-18)24(27)28)11-19(14)12-23-30-22(13-34-23)15-5-7-16(8-6-15)25(29)33/h2-11,13,24H,12H2,1H3,(H2,29,33)(H,31,32). The molecule has 5 nitrogen and oxygen atoms in total. The minimum absolute atomic E-state index is 0.0290. The monoisotopic (exact) mass is 474 g/mol. The van der Waals surface area contributed by atoms with Crippen molar-refractivity contribution in [3.8, 4) is 22.6 Å². The van der Waals surface area contributed by atoms with E-state index in [1.165, 1.54) is 12.1 Å². The van der Waals surface area contributed by atoms with Gasteiger partial charge in [-0.25, -0.2) is 18.7 Å². The van der Waals surface area contributed by atoms with Crippen LogP contribution in [0.3, 0.4) is 0 Å². The normalized spacial score (nSPS) is 11.4. The molecule has 0 aliphatic heterocycles. The van der Waals surface area contributed by atoms with Crippen LogP contribution in [0.15, 0.2) is 66.0 Å². The number of halogens is 2. The highest BCUT2D eigenvalue weighted by Gasteiger charge is 2.13. The summed E-state index contributed by atoms with van der Waals surface area (Å²) in [5.74, 6) is 0.102. The quantitative estimate of drug-likeness (QED) is 0.303. The summed E-state index contributed by atoms with van der Waals surface area (Å²) >= 11 is 1.57. The SMILES string of the molecule is Cc1cc2[nH]c(-c3cccc(C(F)F)c3)nc2cc1Cc1nc(-c2ccc(C(N)=O)cc2)cs1. The van der Waals surface area contributed by atoms with E-state index in [-0.39, 0.29) is 5.56 Å². The molecular formula is C26H20F2N4OS. The van der Waals surface area contributed by atoms with Crippen LogP contribution >= 0.6 is 11.3 Å². The number of rotatable bonds is 6. The third-order valence-electron chi connectivity index (χ3n) is 5.71. The number of aromatic amines is 1. The van der Waals surface area contributed by atoms with Gasteiger partial charge in [-0.15, -0.1) is 11.3 Å². The lowest BCUT2D eigenvalue weighted by Gasteiger charge is -2.04. The van der Waals surface area contributed by atoms with Gasteiger partial charge in [-0.3, -0.25) is 4.79 Å². The van der Waals surface area contributed by atoms with Crippen LogP contribution in [0.5, 0.6) is 0 Å². The molecule has 2 heterocycles. The van der Waals surface area contributed by atoms with Crippen molar-refractivity contribution in [1.29, 1.82) is 0 Å². The van der Waals surface area contributed by atoms with Gasteiger partial charge in [-0.2, -0.15) is 0 Å². The second-order valence-corrected chi connectivity index (χ2v) is 8.99. The van der Waals surface area contributed by atoms with E-state index in [0.717, 1.165) is 38.4 Å². The van der Waals surface area contributed by atoms with Crippen molar-refractivity contribution < 1.29 is 13.6 Å². The minimum atomic E-state index is -2.53. The molecule has 0 aliphatic carbocycles. The lowest BCUT2D eigenvalue weighted by atomic mass is 10.0. The smallest absolute Gasteiger partial charge is 0.263 e. The maximum Gasteiger partial charge on any atom is 0.263 e. The molecule has 3 aromatic carbocycles. The summed E-state index contributed by atoms with van der Waals surface area (Å²) < 4.78 is 26.2. The Morgan fingerprint density at radius 3 is 2.59 bits per heavy atom. The number of thiazole rings is 1. The minimum Gasteiger partial charge on any atom is -0.366 e. The average Bonchev–Trinajstić information content (AvgIpc) is 3.46. The fourth-order valence-corrected chi connectivity index (χ4v) is 4.68. The Hall–Kier alpha value is -3.91. The van der Waals surface area contributed by atoms with E-state index < -0.39 is 12.3 Å². The first-order chi connectivity index (χ1) is 16.4. The molecule has 1 amide bonds. The van der Waals surface area contributed by atoms with E-state index in [9.17, 15) is 13.6 Å². The van der Waals surface area contributed by atoms with Crippen molar-refractivity contribution in [2.45, 2.75) is 19.8 Å². The van der Waals surface area contributed by atoms with Gasteiger partial charge in [0.1, 0.15) is 5.82 Å². The largest absolute Gasteiger partial charge is 0.366 e. The van der Waals surface area contributed by atoms with Crippen LogP contribution in [0, 0.1) is 6.92 Å². The summed E-state index contributed by atoms with van der Waals surface area (Å²) in [6, 6.07) is 17.4. The number of H-pyrrole nitrogens is 1. The molecule has 5 aromatic rings. The predicted octanol–water partition coefficient (Wildman–Crippen LogP) is 6.29. The molecule has 0 atom stereocenters. The van der Waals surface area contributed by atoms with E-state index in [1.54, 1.807) is 35.6 Å². The highest BCUT2D eigenvalue weighted by molar-refractivity contribution is 7.10. The topological polar surface area (TPSA) is 84.7 Å². The summed E-state index contributed by atoms with van der Waals surface area (Å²) in [7, 11) is 0. The Balaban J connectivity index is 1.41. The number of benzene rings is 3. The van der Waals surface area contributed by atoms with E-state index >= 15 is 0 Å². The average molecular weight is 475 g/mol. The van der Waals surface area contributed by atoms with Crippen LogP contribution in [0.4, 0.5) is 8.78 Å². The fraction of sp³-hybridized carbons (Fsp3) is 0.115. The van der Waals surface area contributed by atoms with Crippen molar-refractivity contribution in [2.24, 2.45) is 5.73 Å². The number of imidazole rings is 1. The molecule has 8 heteroatoms. The first-order valence-electron chi connectivity index (χ1n) is 10.6. The van der Waals surface area contributed by atoms with Crippen LogP contribution in [0.2, 0.25) is 0 Å². The Morgan fingerprint density at radius 1 is 1.06 bits per heavy atom. The van der Waals surface area contributed by atoms with Gasteiger partial charge >= 0.3 is 0 Å². The zero-order valence-electron chi connectivity index (χ0n) is 18.2. The molecule has 0 bridgehead atoms. The number of carbonyl (C=O) groups excluding carboxylic acids is 1. The highest BCUT2D eigenvalue weighted by Crippen LogP contribution is 2.29. The molecule has 0 spiro atoms. The summed E-state index contributed by atoms with van der Waals surface area (Å²) in [6.45, 7) is 2.03. The Morgan fingerprint density at radius 2 is 1.85 bits per heavy atom. The predicted molar refractivity (Wildman–Crippen MR) is 130 cm³/mol. The number of nitrogens with one attached hydrogen (secondary N) is 1. The summed E-state index contributed by atoms with van der Waals surface area (Å²) in [4.78, 5) is 23.9. The molecule has 34 heavy (non-hydrogen) atoms. The molecule has 0 fully saturated rings. The third kappa shape index (κ3) is 4.32. The fourth-order valence-electron chi connectivity index (χ4n) is 3.85. The van der Waals surface area contributed by atoms with Crippen LogP contribution in [-0.4, -0.2) is 20.9 Å². The van der Waals surface area contributed by atoms with Crippen LogP contribution < -0.4 is 5.73 Å². The number of primary amides is 1. The van der Waals surface area contributed by atoms with Crippen molar-refractivity contribution in [1.82, 2.24) is 15.0 Å². The van der Waals surface area contributed by atoms with Crippen molar-refractivity contribution in [3.63, 3.8) is 0 Å². The molecular weight excluding hydrogens is 454 g/mol. The number of hydrogen-bond acceptors (Lipinski definition) is 4. The van der Waals surface area contributed by atoms with Crippen molar-refractivity contribution in [2.75, 3.05) is 0 Å². The van der Waals surface area contributed by atoms with E-state index in [1.807, 2.05) is 36.6 Å². The molecule has 3 N–H and O–H groups in total. The molecule has 5 rings (SSSR count). The Labute approximate surface area is 198 Å². The molecule has 170 valence electrons. The zero-order chi connectivity index (χ0) is 23.8. The highest BCUT2D eigenvalue weighted by atomic mass is 32.1. The number of carbonyl (C=O) groups is 1. The first kappa shape index (κ1) is 21.9. The van der Waals surface area contributed by atoms with Crippen molar-refractivity contribution >= 4 is 28.3 Å². The van der Waals surface area contributed by atoms with Gasteiger partial charge in [-0.1, -0.05) is 30.3 Å². The summed E-state index contributed by atoms with van der Waals surface area (Å²) in [6.07, 6.45) is -1.88. The van der Waals surface area contributed by atoms with Gasteiger partial charge < -0.3 is 10.7 Å². The van der Waals surface area contributed by atoms with Gasteiger partial charge in [0, 0.05) is 34.1 Å². The molecule has 0 aliphatic rings. The van der Waals surface area contributed by atoms with Crippen LogP contribution in [0.1, 0.15) is 38.5 Å². The molecule has 0 saturated heterocycles. The second-order valence-electron chi connectivity index (χ2n) is 8.05. The van der Waals surface area contributed by atoms with Gasteiger partial charge in [0.2, 0.25) is 5.91 Å². The number of fused-ring (bicyclic) bond motifs is 1. The number of aryl methyl sites for hydroxylation is 1. The Bertz CT molecular complexity index is 1510. The maximum absolute atomic E-state index is 13.1. The summed E-state index contributed by atoms with van der Waals surface area (Å²) in [5, 5.41) is 2.95. The lowest BCUT2D eigenvalue weighted by Crippen LogP contribution is -2.10. The molecule has 0 unspecified atom stereocenters. The van der Waals surface area contributed by atoms with Crippen LogP contribution in [0.25, 0.3) is 33.7 Å². The molecule has 0 radical (unpaired) electrons. The molecule has 2 aromatic heterocycles. The van der Waals surface area contributed by atoms with E-state index in [4.69, 9.17) is 10.7 Å². The number of nitrogens with zero attached hydrogens (tertiary/aromatic N) is 2. The number of hydrogen-bond donors (Lipinski definition) is 2. The lowest BCUT2D eigenvalue weighted by molar-refractivity contribution is 0.1000. The first-order valence-corrected chi connectivity index (χ1v) is 11.5. The van der Waals surface area contributed by atoms with Gasteiger partial charge in [0.05, 0.1) is 21.7 Å². The number of aromatic nitrogens is 3.